The Balaban J connectivity index is 2.35. The number of nitrogens with zero attached hydrogens (tertiary/aromatic N) is 1. The number of carbonyl (C=O) groups excluding carboxylic acids is 1. The molecule has 1 amide bonds. The van der Waals surface area contributed by atoms with E-state index in [1.54, 1.807) is 4.90 Å². The van der Waals surface area contributed by atoms with Crippen molar-refractivity contribution in [2.45, 2.75) is 45.3 Å². The van der Waals surface area contributed by atoms with E-state index in [9.17, 15) is 13.6 Å². The molecule has 1 aliphatic rings. The molecule has 2 unspecified atom stereocenters. The lowest BCUT2D eigenvalue weighted by Crippen LogP contribution is -2.39. The lowest BCUT2D eigenvalue weighted by atomic mass is 10.2. The van der Waals surface area contributed by atoms with Gasteiger partial charge in [-0.3, -0.25) is 10.1 Å². The zero-order chi connectivity index (χ0) is 12.8. The molecule has 1 fully saturated rings. The third-order valence-corrected chi connectivity index (χ3v) is 2.75. The predicted octanol–water partition coefficient (Wildman–Crippen LogP) is 1.21. The normalized spacial score (nSPS) is 25.0. The third-order valence-electron chi connectivity index (χ3n) is 2.75. The third kappa shape index (κ3) is 4.20. The molecular formula is C11H20F2N2O2. The first kappa shape index (κ1) is 14.3. The van der Waals surface area contributed by atoms with Gasteiger partial charge < -0.3 is 9.64 Å². The number of halogens is 2. The van der Waals surface area contributed by atoms with E-state index in [0.717, 1.165) is 12.8 Å². The number of carbonyl (C=O) groups is 1. The number of ether oxygens (including phenoxy) is 1. The molecule has 4 nitrogen and oxygen atoms in total. The molecule has 17 heavy (non-hydrogen) atoms. The molecule has 0 aromatic rings. The molecule has 0 radical (unpaired) electrons. The maximum absolute atomic E-state index is 11.9. The van der Waals surface area contributed by atoms with E-state index in [-0.39, 0.29) is 24.7 Å². The number of hydrogen-bond donors (Lipinski definition) is 1. The van der Waals surface area contributed by atoms with Crippen LogP contribution in [0.1, 0.15) is 26.7 Å². The quantitative estimate of drug-likeness (QED) is 0.691. The lowest BCUT2D eigenvalue weighted by molar-refractivity contribution is -0.130. The van der Waals surface area contributed by atoms with Gasteiger partial charge in [0.1, 0.15) is 6.61 Å². The van der Waals surface area contributed by atoms with Gasteiger partial charge in [-0.25, -0.2) is 8.78 Å². The van der Waals surface area contributed by atoms with Crippen LogP contribution in [0.25, 0.3) is 0 Å². The fourth-order valence-electron chi connectivity index (χ4n) is 1.97. The zero-order valence-corrected chi connectivity index (χ0v) is 10.3. The summed E-state index contributed by atoms with van der Waals surface area (Å²) < 4.78 is 28.5. The van der Waals surface area contributed by atoms with Crippen LogP contribution in [0.5, 0.6) is 0 Å². The standard InChI is InChI=1S/C11H20F2N2O2/c1-3-4-10-14-8(2)11(16)15(10)5-6-17-7-9(12)13/h8-10,14H,3-7H2,1-2H3. The molecule has 0 aromatic carbocycles. The summed E-state index contributed by atoms with van der Waals surface area (Å²) in [5.41, 5.74) is 0. The maximum Gasteiger partial charge on any atom is 0.261 e. The highest BCUT2D eigenvalue weighted by Crippen LogP contribution is 2.14. The number of hydrogen-bond acceptors (Lipinski definition) is 3. The molecule has 0 aliphatic carbocycles. The summed E-state index contributed by atoms with van der Waals surface area (Å²) in [6, 6.07) is -0.193. The molecule has 1 N–H and O–H groups in total. The fraction of sp³-hybridized carbons (Fsp3) is 0.909. The van der Waals surface area contributed by atoms with E-state index in [4.69, 9.17) is 4.74 Å². The van der Waals surface area contributed by atoms with Crippen LogP contribution in [0, 0.1) is 0 Å². The first-order chi connectivity index (χ1) is 8.06. The van der Waals surface area contributed by atoms with Crippen molar-refractivity contribution < 1.29 is 18.3 Å². The molecule has 0 spiro atoms. The number of nitrogens with one attached hydrogen (secondary N) is 1. The first-order valence-corrected chi connectivity index (χ1v) is 5.98. The van der Waals surface area contributed by atoms with Crippen molar-refractivity contribution in [1.82, 2.24) is 10.2 Å². The van der Waals surface area contributed by atoms with Crippen molar-refractivity contribution >= 4 is 5.91 Å². The Morgan fingerprint density at radius 1 is 1.53 bits per heavy atom. The van der Waals surface area contributed by atoms with Gasteiger partial charge in [0.05, 0.1) is 18.8 Å². The monoisotopic (exact) mass is 250 g/mol. The van der Waals surface area contributed by atoms with Crippen molar-refractivity contribution in [2.24, 2.45) is 0 Å². The molecular weight excluding hydrogens is 230 g/mol. The van der Waals surface area contributed by atoms with Gasteiger partial charge in [0.2, 0.25) is 5.91 Å². The summed E-state index contributed by atoms with van der Waals surface area (Å²) in [6.07, 6.45) is -0.609. The highest BCUT2D eigenvalue weighted by Gasteiger charge is 2.34. The van der Waals surface area contributed by atoms with Crippen LogP contribution in [0.3, 0.4) is 0 Å². The number of amides is 1. The first-order valence-electron chi connectivity index (χ1n) is 5.98. The van der Waals surface area contributed by atoms with E-state index in [1.807, 2.05) is 13.8 Å². The van der Waals surface area contributed by atoms with E-state index in [0.29, 0.717) is 6.54 Å². The van der Waals surface area contributed by atoms with Crippen LogP contribution in [0.2, 0.25) is 0 Å². The summed E-state index contributed by atoms with van der Waals surface area (Å²) >= 11 is 0. The average Bonchev–Trinajstić information content (AvgIpc) is 2.51. The Morgan fingerprint density at radius 2 is 2.24 bits per heavy atom. The second-order valence-corrected chi connectivity index (χ2v) is 4.19. The average molecular weight is 250 g/mol. The zero-order valence-electron chi connectivity index (χ0n) is 10.3. The van der Waals surface area contributed by atoms with E-state index in [1.165, 1.54) is 0 Å². The largest absolute Gasteiger partial charge is 0.374 e. The molecule has 1 aliphatic heterocycles. The minimum Gasteiger partial charge on any atom is -0.374 e. The van der Waals surface area contributed by atoms with Crippen LogP contribution in [0.15, 0.2) is 0 Å². The van der Waals surface area contributed by atoms with Crippen LogP contribution in [-0.2, 0) is 9.53 Å². The van der Waals surface area contributed by atoms with E-state index >= 15 is 0 Å². The van der Waals surface area contributed by atoms with Crippen molar-refractivity contribution in [3.63, 3.8) is 0 Å². The van der Waals surface area contributed by atoms with Crippen LogP contribution in [0.4, 0.5) is 8.78 Å². The summed E-state index contributed by atoms with van der Waals surface area (Å²) in [5, 5.41) is 3.18. The summed E-state index contributed by atoms with van der Waals surface area (Å²) in [6.45, 7) is 3.81. The van der Waals surface area contributed by atoms with Crippen molar-refractivity contribution in [3.05, 3.63) is 0 Å². The second-order valence-electron chi connectivity index (χ2n) is 4.19. The van der Waals surface area contributed by atoms with Crippen molar-refractivity contribution in [2.75, 3.05) is 19.8 Å². The molecule has 0 aromatic heterocycles. The summed E-state index contributed by atoms with van der Waals surface area (Å²) in [4.78, 5) is 13.5. The second kappa shape index (κ2) is 6.86. The maximum atomic E-state index is 11.9. The summed E-state index contributed by atoms with van der Waals surface area (Å²) in [5.74, 6) is 0.0177. The van der Waals surface area contributed by atoms with Gasteiger partial charge in [0.25, 0.3) is 6.43 Å². The Bertz CT molecular complexity index is 252. The molecule has 2 atom stereocenters. The SMILES string of the molecule is CCCC1NC(C)C(=O)N1CCOCC(F)F. The van der Waals surface area contributed by atoms with Crippen LogP contribution >= 0.6 is 0 Å². The van der Waals surface area contributed by atoms with Crippen LogP contribution < -0.4 is 5.32 Å². The fourth-order valence-corrected chi connectivity index (χ4v) is 1.97. The molecule has 0 bridgehead atoms. The van der Waals surface area contributed by atoms with Gasteiger partial charge in [-0.15, -0.1) is 0 Å². The molecule has 0 saturated carbocycles. The van der Waals surface area contributed by atoms with Gasteiger partial charge >= 0.3 is 0 Å². The molecule has 100 valence electrons. The summed E-state index contributed by atoms with van der Waals surface area (Å²) in [7, 11) is 0. The van der Waals surface area contributed by atoms with E-state index < -0.39 is 13.0 Å². The minimum atomic E-state index is -2.45. The van der Waals surface area contributed by atoms with Crippen molar-refractivity contribution in [3.8, 4) is 0 Å². The Labute approximate surface area is 100 Å². The molecule has 6 heteroatoms. The predicted molar refractivity (Wildman–Crippen MR) is 59.8 cm³/mol. The lowest BCUT2D eigenvalue weighted by Gasteiger charge is -2.23. The molecule has 1 rings (SSSR count). The number of rotatable bonds is 7. The van der Waals surface area contributed by atoms with Gasteiger partial charge in [-0.1, -0.05) is 13.3 Å². The van der Waals surface area contributed by atoms with Gasteiger partial charge in [-0.05, 0) is 13.3 Å². The highest BCUT2D eigenvalue weighted by molar-refractivity contribution is 5.83. The Morgan fingerprint density at radius 3 is 2.82 bits per heavy atom. The Kier molecular flexibility index (Phi) is 5.77. The number of alkyl halides is 2. The molecule has 1 saturated heterocycles. The van der Waals surface area contributed by atoms with Crippen molar-refractivity contribution in [1.29, 1.82) is 0 Å². The van der Waals surface area contributed by atoms with Gasteiger partial charge in [0.15, 0.2) is 0 Å². The molecule has 1 heterocycles. The van der Waals surface area contributed by atoms with Gasteiger partial charge in [-0.2, -0.15) is 0 Å². The van der Waals surface area contributed by atoms with Gasteiger partial charge in [0, 0.05) is 6.54 Å². The van der Waals surface area contributed by atoms with Crippen LogP contribution in [-0.4, -0.2) is 49.2 Å². The Hall–Kier alpha value is -0.750. The minimum absolute atomic E-state index is 0.0117. The smallest absolute Gasteiger partial charge is 0.261 e. The topological polar surface area (TPSA) is 41.6 Å². The van der Waals surface area contributed by atoms with E-state index in [2.05, 4.69) is 5.32 Å². The highest BCUT2D eigenvalue weighted by atomic mass is 19.3.